The minimum absolute atomic E-state index is 0.0711. The summed E-state index contributed by atoms with van der Waals surface area (Å²) in [6.45, 7) is -2.71. The van der Waals surface area contributed by atoms with Crippen LogP contribution in [0.4, 0.5) is 14.5 Å². The number of nitrogens with zero attached hydrogens (tertiary/aromatic N) is 1. The van der Waals surface area contributed by atoms with Gasteiger partial charge in [-0.2, -0.15) is 8.78 Å². The van der Waals surface area contributed by atoms with Gasteiger partial charge in [0, 0.05) is 24.1 Å². The SMILES string of the molecule is COc1cc(CN(C)C(=O)c2ccc3c(c2)NC(=O)CS3)ccc1OC(F)F. The number of benzene rings is 2. The summed E-state index contributed by atoms with van der Waals surface area (Å²) in [7, 11) is 2.98. The molecule has 0 atom stereocenters. The number of rotatable bonds is 6. The molecule has 0 saturated carbocycles. The molecule has 1 heterocycles. The summed E-state index contributed by atoms with van der Waals surface area (Å²) in [5.74, 6) is 0.103. The first-order valence-electron chi connectivity index (χ1n) is 8.31. The fraction of sp³-hybridized carbons (Fsp3) is 0.263. The zero-order valence-corrected chi connectivity index (χ0v) is 16.0. The molecular weight excluding hydrogens is 390 g/mol. The number of ether oxygens (including phenoxy) is 2. The van der Waals surface area contributed by atoms with E-state index in [1.807, 2.05) is 0 Å². The van der Waals surface area contributed by atoms with Crippen molar-refractivity contribution >= 4 is 29.3 Å². The first kappa shape index (κ1) is 19.9. The quantitative estimate of drug-likeness (QED) is 0.791. The molecule has 0 radical (unpaired) electrons. The van der Waals surface area contributed by atoms with Crippen LogP contribution in [-0.4, -0.2) is 43.2 Å². The Kier molecular flexibility index (Phi) is 6.03. The summed E-state index contributed by atoms with van der Waals surface area (Å²) in [4.78, 5) is 26.7. The van der Waals surface area contributed by atoms with Crippen LogP contribution in [0.5, 0.6) is 11.5 Å². The van der Waals surface area contributed by atoms with E-state index in [1.54, 1.807) is 37.4 Å². The molecule has 0 unspecified atom stereocenters. The molecule has 1 aliphatic heterocycles. The molecule has 0 aromatic heterocycles. The molecule has 1 N–H and O–H groups in total. The van der Waals surface area contributed by atoms with Crippen molar-refractivity contribution in [2.45, 2.75) is 18.1 Å². The summed E-state index contributed by atoms with van der Waals surface area (Å²) in [6, 6.07) is 9.68. The minimum Gasteiger partial charge on any atom is -0.493 e. The smallest absolute Gasteiger partial charge is 0.387 e. The Bertz CT molecular complexity index is 907. The van der Waals surface area contributed by atoms with E-state index in [2.05, 4.69) is 10.1 Å². The molecule has 148 valence electrons. The van der Waals surface area contributed by atoms with Gasteiger partial charge in [-0.05, 0) is 35.9 Å². The Morgan fingerprint density at radius 2 is 2.04 bits per heavy atom. The van der Waals surface area contributed by atoms with Gasteiger partial charge in [0.1, 0.15) is 0 Å². The van der Waals surface area contributed by atoms with Gasteiger partial charge in [-0.15, -0.1) is 11.8 Å². The summed E-state index contributed by atoms with van der Waals surface area (Å²) in [5, 5.41) is 2.76. The fourth-order valence-electron chi connectivity index (χ4n) is 2.79. The molecule has 0 aliphatic carbocycles. The molecule has 2 aromatic carbocycles. The van der Waals surface area contributed by atoms with Gasteiger partial charge in [0.25, 0.3) is 5.91 Å². The second-order valence-electron chi connectivity index (χ2n) is 6.07. The highest BCUT2D eigenvalue weighted by atomic mass is 32.2. The highest BCUT2D eigenvalue weighted by Gasteiger charge is 2.19. The Labute approximate surface area is 164 Å². The van der Waals surface area contributed by atoms with Crippen LogP contribution in [0.3, 0.4) is 0 Å². The topological polar surface area (TPSA) is 67.9 Å². The number of amides is 2. The number of carbonyl (C=O) groups is 2. The average molecular weight is 408 g/mol. The van der Waals surface area contributed by atoms with Crippen molar-refractivity contribution in [1.82, 2.24) is 4.90 Å². The van der Waals surface area contributed by atoms with Crippen molar-refractivity contribution in [3.05, 3.63) is 47.5 Å². The van der Waals surface area contributed by atoms with Crippen molar-refractivity contribution in [2.75, 3.05) is 25.2 Å². The Morgan fingerprint density at radius 1 is 1.25 bits per heavy atom. The van der Waals surface area contributed by atoms with Crippen LogP contribution >= 0.6 is 11.8 Å². The Morgan fingerprint density at radius 3 is 2.75 bits per heavy atom. The second kappa shape index (κ2) is 8.47. The molecule has 0 fully saturated rings. The van der Waals surface area contributed by atoms with Crippen molar-refractivity contribution in [1.29, 1.82) is 0 Å². The lowest BCUT2D eigenvalue weighted by Crippen LogP contribution is -2.27. The normalized spacial score (nSPS) is 13.0. The fourth-order valence-corrected chi connectivity index (χ4v) is 3.57. The maximum absolute atomic E-state index is 12.7. The van der Waals surface area contributed by atoms with E-state index in [9.17, 15) is 18.4 Å². The van der Waals surface area contributed by atoms with Gasteiger partial charge in [-0.3, -0.25) is 9.59 Å². The van der Waals surface area contributed by atoms with E-state index in [4.69, 9.17) is 4.74 Å². The van der Waals surface area contributed by atoms with Gasteiger partial charge in [0.05, 0.1) is 18.6 Å². The molecule has 2 aromatic rings. The molecular formula is C19H18F2N2O4S. The largest absolute Gasteiger partial charge is 0.493 e. The predicted molar refractivity (Wildman–Crippen MR) is 101 cm³/mol. The lowest BCUT2D eigenvalue weighted by atomic mass is 10.1. The lowest BCUT2D eigenvalue weighted by molar-refractivity contribution is -0.113. The molecule has 0 saturated heterocycles. The number of hydrogen-bond acceptors (Lipinski definition) is 5. The highest BCUT2D eigenvalue weighted by Crippen LogP contribution is 2.33. The van der Waals surface area contributed by atoms with Gasteiger partial charge < -0.3 is 19.7 Å². The molecule has 3 rings (SSSR count). The first-order chi connectivity index (χ1) is 13.4. The lowest BCUT2D eigenvalue weighted by Gasteiger charge is -2.21. The molecule has 2 amide bonds. The van der Waals surface area contributed by atoms with E-state index >= 15 is 0 Å². The third-order valence-electron chi connectivity index (χ3n) is 4.07. The zero-order valence-electron chi connectivity index (χ0n) is 15.2. The number of thioether (sulfide) groups is 1. The molecule has 9 heteroatoms. The van der Waals surface area contributed by atoms with Crippen molar-refractivity contribution in [3.63, 3.8) is 0 Å². The number of halogens is 2. The zero-order chi connectivity index (χ0) is 20.3. The van der Waals surface area contributed by atoms with Gasteiger partial charge in [0.15, 0.2) is 11.5 Å². The second-order valence-corrected chi connectivity index (χ2v) is 7.09. The number of nitrogens with one attached hydrogen (secondary N) is 1. The van der Waals surface area contributed by atoms with Crippen molar-refractivity contribution < 1.29 is 27.8 Å². The van der Waals surface area contributed by atoms with Crippen LogP contribution in [0, 0.1) is 0 Å². The van der Waals surface area contributed by atoms with Crippen molar-refractivity contribution in [2.24, 2.45) is 0 Å². The third-order valence-corrected chi connectivity index (χ3v) is 5.14. The number of methoxy groups -OCH3 is 1. The van der Waals surface area contributed by atoms with Crippen LogP contribution in [-0.2, 0) is 11.3 Å². The van der Waals surface area contributed by atoms with E-state index in [0.29, 0.717) is 22.6 Å². The van der Waals surface area contributed by atoms with Crippen LogP contribution in [0.15, 0.2) is 41.3 Å². The van der Waals surface area contributed by atoms with Crippen LogP contribution < -0.4 is 14.8 Å². The highest BCUT2D eigenvalue weighted by molar-refractivity contribution is 8.00. The Balaban J connectivity index is 1.74. The summed E-state index contributed by atoms with van der Waals surface area (Å²) in [5.41, 5.74) is 1.75. The van der Waals surface area contributed by atoms with Crippen LogP contribution in [0.2, 0.25) is 0 Å². The average Bonchev–Trinajstić information content (AvgIpc) is 2.67. The number of alkyl halides is 2. The van der Waals surface area contributed by atoms with Gasteiger partial charge >= 0.3 is 6.61 Å². The summed E-state index contributed by atoms with van der Waals surface area (Å²) in [6.07, 6.45) is 0. The predicted octanol–water partition coefficient (Wildman–Crippen LogP) is 3.61. The molecule has 0 spiro atoms. The minimum atomic E-state index is -2.95. The van der Waals surface area contributed by atoms with Crippen LogP contribution in [0.25, 0.3) is 0 Å². The number of hydrogen-bond donors (Lipinski definition) is 1. The van der Waals surface area contributed by atoms with E-state index < -0.39 is 6.61 Å². The monoisotopic (exact) mass is 408 g/mol. The first-order valence-corrected chi connectivity index (χ1v) is 9.30. The molecule has 1 aliphatic rings. The molecule has 6 nitrogen and oxygen atoms in total. The standard InChI is InChI=1S/C19H18F2N2O4S/c1-23(9-11-3-5-14(27-19(20)21)15(7-11)26-2)18(25)12-4-6-16-13(8-12)22-17(24)10-28-16/h3-8,19H,9-10H2,1-2H3,(H,22,24). The maximum atomic E-state index is 12.7. The van der Waals surface area contributed by atoms with Crippen molar-refractivity contribution in [3.8, 4) is 11.5 Å². The molecule has 28 heavy (non-hydrogen) atoms. The summed E-state index contributed by atoms with van der Waals surface area (Å²) >= 11 is 1.42. The Hall–Kier alpha value is -2.81. The number of carbonyl (C=O) groups excluding carboxylic acids is 2. The number of fused-ring (bicyclic) bond motifs is 1. The van der Waals surface area contributed by atoms with Gasteiger partial charge in [0.2, 0.25) is 5.91 Å². The van der Waals surface area contributed by atoms with E-state index in [-0.39, 0.29) is 29.9 Å². The van der Waals surface area contributed by atoms with Gasteiger partial charge in [-0.1, -0.05) is 6.07 Å². The molecule has 0 bridgehead atoms. The number of anilines is 1. The third kappa shape index (κ3) is 4.53. The van der Waals surface area contributed by atoms with E-state index in [1.165, 1.54) is 29.8 Å². The van der Waals surface area contributed by atoms with Gasteiger partial charge in [-0.25, -0.2) is 0 Å². The van der Waals surface area contributed by atoms with Crippen LogP contribution in [0.1, 0.15) is 15.9 Å². The summed E-state index contributed by atoms with van der Waals surface area (Å²) < 4.78 is 34.3. The maximum Gasteiger partial charge on any atom is 0.387 e. The van der Waals surface area contributed by atoms with E-state index in [0.717, 1.165) is 4.90 Å².